The first kappa shape index (κ1) is 25.0. The van der Waals surface area contributed by atoms with Crippen LogP contribution >= 0.6 is 0 Å². The van der Waals surface area contributed by atoms with Gasteiger partial charge in [0.25, 0.3) is 0 Å². The van der Waals surface area contributed by atoms with Gasteiger partial charge in [0.05, 0.1) is 12.2 Å². The molecule has 10 nitrogen and oxygen atoms in total. The Morgan fingerprint density at radius 2 is 0.933 bits per heavy atom. The summed E-state index contributed by atoms with van der Waals surface area (Å²) in [6.45, 7) is 0. The highest BCUT2D eigenvalue weighted by molar-refractivity contribution is 7.82. The summed E-state index contributed by atoms with van der Waals surface area (Å²) in [5.74, 6) is -1.99. The highest BCUT2D eigenvalue weighted by Crippen LogP contribution is 2.23. The molecule has 2 saturated carbocycles. The normalized spacial score (nSPS) is 19.3. The van der Waals surface area contributed by atoms with Crippen LogP contribution in [-0.2, 0) is 47.1 Å². The number of unbranched alkanes of at least 4 members (excludes halogenated alkanes) is 1. The van der Waals surface area contributed by atoms with Gasteiger partial charge in [-0.05, 0) is 38.5 Å². The Labute approximate surface area is 178 Å². The largest absolute Gasteiger partial charge is 0.451 e. The molecule has 0 saturated heterocycles. The molecule has 2 fully saturated rings. The third kappa shape index (κ3) is 10.2. The van der Waals surface area contributed by atoms with Gasteiger partial charge in [-0.15, -0.1) is 0 Å². The maximum absolute atomic E-state index is 11.8. The second kappa shape index (κ2) is 12.0. The molecule has 0 unspecified atom stereocenters. The fourth-order valence-corrected chi connectivity index (χ4v) is 5.30. The summed E-state index contributed by atoms with van der Waals surface area (Å²) in [5, 5.41) is 0. The first-order chi connectivity index (χ1) is 14.2. The van der Waals surface area contributed by atoms with Gasteiger partial charge in [-0.25, -0.2) is 8.37 Å². The lowest BCUT2D eigenvalue weighted by molar-refractivity contribution is -0.137. The van der Waals surface area contributed by atoms with Crippen LogP contribution in [0, 0.1) is 0 Å². The number of carbonyl (C=O) groups excluding carboxylic acids is 2. The van der Waals surface area contributed by atoms with E-state index in [4.69, 9.17) is 8.37 Å². The third-order valence-electron chi connectivity index (χ3n) is 5.01. The average Bonchev–Trinajstić information content (AvgIpc) is 2.65. The molecule has 0 aliphatic heterocycles. The summed E-state index contributed by atoms with van der Waals surface area (Å²) < 4.78 is 65.6. The van der Waals surface area contributed by atoms with E-state index in [9.17, 15) is 26.4 Å². The van der Waals surface area contributed by atoms with Crippen molar-refractivity contribution in [1.29, 1.82) is 0 Å². The molecular formula is C18H30O10S2. The van der Waals surface area contributed by atoms with E-state index in [1.54, 1.807) is 0 Å². The summed E-state index contributed by atoms with van der Waals surface area (Å²) >= 11 is 0. The molecule has 2 aliphatic rings. The molecule has 2 aliphatic carbocycles. The van der Waals surface area contributed by atoms with E-state index < -0.39 is 44.9 Å². The Bertz CT molecular complexity index is 697. The van der Waals surface area contributed by atoms with Crippen LogP contribution in [0.25, 0.3) is 0 Å². The number of hydrogen-bond acceptors (Lipinski definition) is 10. The second-order valence-electron chi connectivity index (χ2n) is 7.65. The van der Waals surface area contributed by atoms with Gasteiger partial charge < -0.3 is 8.37 Å². The molecule has 12 heteroatoms. The number of carbonyl (C=O) groups is 2. The second-order valence-corrected chi connectivity index (χ2v) is 10.00. The zero-order chi connectivity index (χ0) is 22.0. The summed E-state index contributed by atoms with van der Waals surface area (Å²) in [5.41, 5.74) is 0. The molecule has 0 aromatic rings. The van der Waals surface area contributed by atoms with Crippen molar-refractivity contribution in [3.63, 3.8) is 0 Å². The lowest BCUT2D eigenvalue weighted by atomic mass is 9.98. The summed E-state index contributed by atoms with van der Waals surface area (Å²) in [6.07, 6.45) is 6.72. The van der Waals surface area contributed by atoms with Gasteiger partial charge in [-0.2, -0.15) is 16.8 Å². The van der Waals surface area contributed by atoms with Gasteiger partial charge in [0, 0.05) is 12.8 Å². The minimum absolute atomic E-state index is 0.121. The maximum atomic E-state index is 11.8. The highest BCUT2D eigenvalue weighted by atomic mass is 32.3. The topological polar surface area (TPSA) is 139 Å². The predicted octanol–water partition coefficient (Wildman–Crippen LogP) is 2.82. The summed E-state index contributed by atoms with van der Waals surface area (Å²) in [4.78, 5) is 23.4. The Morgan fingerprint density at radius 1 is 0.600 bits per heavy atom. The van der Waals surface area contributed by atoms with Crippen LogP contribution in [0.15, 0.2) is 0 Å². The Kier molecular flexibility index (Phi) is 9.98. The fourth-order valence-electron chi connectivity index (χ4n) is 3.55. The molecule has 0 spiro atoms. The standard InChI is InChI=1S/C18H30O10S2/c19-17(27-29(21,22)25-15-9-3-1-4-10-15)13-7-8-14-18(20)28-30(23,24)26-16-11-5-2-6-12-16/h15-16H,1-14H2. The predicted molar refractivity (Wildman–Crippen MR) is 104 cm³/mol. The minimum atomic E-state index is -4.41. The molecule has 0 atom stereocenters. The first-order valence-electron chi connectivity index (χ1n) is 10.5. The molecule has 2 rings (SSSR count). The van der Waals surface area contributed by atoms with E-state index in [2.05, 4.69) is 8.37 Å². The van der Waals surface area contributed by atoms with Crippen molar-refractivity contribution in [2.24, 2.45) is 0 Å². The number of hydrogen-bond donors (Lipinski definition) is 0. The molecule has 30 heavy (non-hydrogen) atoms. The molecule has 0 aromatic heterocycles. The Morgan fingerprint density at radius 3 is 1.27 bits per heavy atom. The average molecular weight is 471 g/mol. The van der Waals surface area contributed by atoms with E-state index in [0.717, 1.165) is 38.5 Å². The monoisotopic (exact) mass is 470 g/mol. The molecule has 174 valence electrons. The van der Waals surface area contributed by atoms with Crippen LogP contribution in [0.2, 0.25) is 0 Å². The van der Waals surface area contributed by atoms with Crippen LogP contribution in [0.5, 0.6) is 0 Å². The Balaban J connectivity index is 1.61. The van der Waals surface area contributed by atoms with E-state index in [-0.39, 0.29) is 25.7 Å². The van der Waals surface area contributed by atoms with E-state index >= 15 is 0 Å². The summed E-state index contributed by atoms with van der Waals surface area (Å²) in [7, 11) is -8.82. The SMILES string of the molecule is O=C(CCCCC(=O)OS(=O)(=O)OC1CCCCC1)OS(=O)(=O)OC1CCCCC1. The summed E-state index contributed by atoms with van der Waals surface area (Å²) in [6, 6.07) is 0. The van der Waals surface area contributed by atoms with Crippen LogP contribution in [0.4, 0.5) is 0 Å². The van der Waals surface area contributed by atoms with Crippen molar-refractivity contribution in [2.45, 2.75) is 102 Å². The van der Waals surface area contributed by atoms with Crippen molar-refractivity contribution in [2.75, 3.05) is 0 Å². The van der Waals surface area contributed by atoms with Crippen molar-refractivity contribution in [3.8, 4) is 0 Å². The van der Waals surface area contributed by atoms with Gasteiger partial charge >= 0.3 is 32.7 Å². The molecule has 0 radical (unpaired) electrons. The smallest absolute Gasteiger partial charge is 0.325 e. The van der Waals surface area contributed by atoms with E-state index in [0.29, 0.717) is 25.7 Å². The molecule has 0 amide bonds. The van der Waals surface area contributed by atoms with Crippen LogP contribution in [0.1, 0.15) is 89.9 Å². The molecular weight excluding hydrogens is 440 g/mol. The van der Waals surface area contributed by atoms with Crippen LogP contribution in [-0.4, -0.2) is 41.0 Å². The van der Waals surface area contributed by atoms with Gasteiger partial charge in [0.15, 0.2) is 0 Å². The third-order valence-corrected chi connectivity index (χ3v) is 6.81. The van der Waals surface area contributed by atoms with Gasteiger partial charge in [0.1, 0.15) is 0 Å². The molecule has 0 aromatic carbocycles. The van der Waals surface area contributed by atoms with Crippen molar-refractivity contribution >= 4 is 32.7 Å². The fraction of sp³-hybridized carbons (Fsp3) is 0.889. The number of rotatable bonds is 11. The maximum Gasteiger partial charge on any atom is 0.451 e. The quantitative estimate of drug-likeness (QED) is 0.414. The van der Waals surface area contributed by atoms with Crippen LogP contribution < -0.4 is 0 Å². The lowest BCUT2D eigenvalue weighted by Crippen LogP contribution is -2.24. The minimum Gasteiger partial charge on any atom is -0.325 e. The van der Waals surface area contributed by atoms with Crippen molar-refractivity contribution < 1.29 is 43.2 Å². The van der Waals surface area contributed by atoms with E-state index in [1.165, 1.54) is 0 Å². The van der Waals surface area contributed by atoms with Gasteiger partial charge in [-0.1, -0.05) is 38.5 Å². The van der Waals surface area contributed by atoms with Crippen molar-refractivity contribution in [3.05, 3.63) is 0 Å². The Hall–Kier alpha value is -1.24. The van der Waals surface area contributed by atoms with E-state index in [1.807, 2.05) is 0 Å². The first-order valence-corrected chi connectivity index (χ1v) is 13.1. The lowest BCUT2D eigenvalue weighted by Gasteiger charge is -2.20. The van der Waals surface area contributed by atoms with Gasteiger partial charge in [-0.3, -0.25) is 9.59 Å². The van der Waals surface area contributed by atoms with Crippen LogP contribution in [0.3, 0.4) is 0 Å². The highest BCUT2D eigenvalue weighted by Gasteiger charge is 2.26. The molecule has 0 N–H and O–H groups in total. The zero-order valence-corrected chi connectivity index (χ0v) is 18.6. The molecule has 0 heterocycles. The zero-order valence-electron chi connectivity index (χ0n) is 17.0. The van der Waals surface area contributed by atoms with Crippen molar-refractivity contribution in [1.82, 2.24) is 0 Å². The van der Waals surface area contributed by atoms with Gasteiger partial charge in [0.2, 0.25) is 0 Å². The molecule has 0 bridgehead atoms.